The summed E-state index contributed by atoms with van der Waals surface area (Å²) in [7, 11) is 4.02. The normalized spacial score (nSPS) is 14.8. The number of hydrogen-bond donors (Lipinski definition) is 0. The highest BCUT2D eigenvalue weighted by atomic mass is 16.5. The summed E-state index contributed by atoms with van der Waals surface area (Å²) in [6.07, 6.45) is 2.82. The van der Waals surface area contributed by atoms with Crippen LogP contribution in [0.5, 0.6) is 5.75 Å². The monoisotopic (exact) mass is 440 g/mol. The molecule has 0 bridgehead atoms. The van der Waals surface area contributed by atoms with Gasteiger partial charge in [0.2, 0.25) is 5.91 Å². The van der Waals surface area contributed by atoms with Gasteiger partial charge in [0.1, 0.15) is 5.75 Å². The number of rotatable bonds is 10. The molecule has 0 atom stereocenters. The molecule has 0 spiro atoms. The quantitative estimate of drug-likeness (QED) is 0.553. The number of benzene rings is 1. The number of nitrogens with zero attached hydrogens (tertiary/aromatic N) is 4. The molecule has 32 heavy (non-hydrogen) atoms. The molecule has 1 aromatic carbocycles. The number of carbonyl (C=O) groups excluding carboxylic acids is 1. The largest absolute Gasteiger partial charge is 0.489 e. The minimum Gasteiger partial charge on any atom is -0.489 e. The standard InChI is InChI=1S/C26H40N4O2/c1-6-7-12-26(31)27(4)19-22-13-14-23(28(22)5)20-29-15-17-30(18-16-29)24-10-8-9-11-25(24)32-21(2)3/h8-11,13-14,21H,6-7,12,15-20H2,1-5H3. The molecule has 6 nitrogen and oxygen atoms in total. The molecule has 0 saturated carbocycles. The Morgan fingerprint density at radius 2 is 1.75 bits per heavy atom. The van der Waals surface area contributed by atoms with Gasteiger partial charge in [-0.3, -0.25) is 9.69 Å². The number of anilines is 1. The summed E-state index contributed by atoms with van der Waals surface area (Å²) in [5.41, 5.74) is 3.68. The second-order valence-corrected chi connectivity index (χ2v) is 9.13. The van der Waals surface area contributed by atoms with Crippen molar-refractivity contribution in [2.24, 2.45) is 7.05 Å². The van der Waals surface area contributed by atoms with Crippen LogP contribution in [0.4, 0.5) is 5.69 Å². The molecule has 1 aliphatic rings. The van der Waals surface area contributed by atoms with Crippen LogP contribution in [0.3, 0.4) is 0 Å². The lowest BCUT2D eigenvalue weighted by atomic mass is 10.2. The minimum absolute atomic E-state index is 0.171. The molecule has 0 aliphatic carbocycles. The molecular weight excluding hydrogens is 400 g/mol. The maximum Gasteiger partial charge on any atom is 0.222 e. The van der Waals surface area contributed by atoms with Crippen LogP contribution in [0.2, 0.25) is 0 Å². The molecule has 0 N–H and O–H groups in total. The number of hydrogen-bond acceptors (Lipinski definition) is 4. The molecule has 3 rings (SSSR count). The molecule has 1 aliphatic heterocycles. The molecule has 1 fully saturated rings. The Morgan fingerprint density at radius 3 is 2.44 bits per heavy atom. The smallest absolute Gasteiger partial charge is 0.222 e. The predicted molar refractivity (Wildman–Crippen MR) is 131 cm³/mol. The Bertz CT molecular complexity index is 868. The maximum atomic E-state index is 12.3. The molecule has 176 valence electrons. The summed E-state index contributed by atoms with van der Waals surface area (Å²) in [5, 5.41) is 0. The Balaban J connectivity index is 1.54. The Kier molecular flexibility index (Phi) is 8.62. The molecule has 1 amide bonds. The Hall–Kier alpha value is -2.47. The number of piperazine rings is 1. The van der Waals surface area contributed by atoms with E-state index in [0.29, 0.717) is 13.0 Å². The van der Waals surface area contributed by atoms with Crippen molar-refractivity contribution < 1.29 is 9.53 Å². The van der Waals surface area contributed by atoms with Crippen molar-refractivity contribution in [3.8, 4) is 5.75 Å². The molecule has 6 heteroatoms. The lowest BCUT2D eigenvalue weighted by molar-refractivity contribution is -0.130. The second-order valence-electron chi connectivity index (χ2n) is 9.13. The van der Waals surface area contributed by atoms with E-state index in [1.54, 1.807) is 0 Å². The van der Waals surface area contributed by atoms with Gasteiger partial charge < -0.3 is 19.1 Å². The molecule has 1 saturated heterocycles. The van der Waals surface area contributed by atoms with Crippen molar-refractivity contribution in [2.45, 2.75) is 59.2 Å². The molecule has 0 unspecified atom stereocenters. The number of para-hydroxylation sites is 2. The SMILES string of the molecule is CCCCC(=O)N(C)Cc1ccc(CN2CCN(c3ccccc3OC(C)C)CC2)n1C. The maximum absolute atomic E-state index is 12.3. The van der Waals surface area contributed by atoms with Crippen molar-refractivity contribution >= 4 is 11.6 Å². The van der Waals surface area contributed by atoms with Gasteiger partial charge in [0.15, 0.2) is 0 Å². The van der Waals surface area contributed by atoms with Crippen LogP contribution in [-0.4, -0.2) is 59.6 Å². The van der Waals surface area contributed by atoms with Crippen molar-refractivity contribution in [3.63, 3.8) is 0 Å². The average molecular weight is 441 g/mol. The van der Waals surface area contributed by atoms with Crippen LogP contribution in [-0.2, 0) is 24.9 Å². The van der Waals surface area contributed by atoms with E-state index < -0.39 is 0 Å². The van der Waals surface area contributed by atoms with E-state index in [9.17, 15) is 4.79 Å². The first-order valence-electron chi connectivity index (χ1n) is 12.0. The zero-order valence-electron chi connectivity index (χ0n) is 20.5. The van der Waals surface area contributed by atoms with E-state index >= 15 is 0 Å². The second kappa shape index (κ2) is 11.4. The van der Waals surface area contributed by atoms with Gasteiger partial charge in [0, 0.05) is 64.6 Å². The number of amides is 1. The average Bonchev–Trinajstić information content (AvgIpc) is 3.11. The lowest BCUT2D eigenvalue weighted by Gasteiger charge is -2.37. The molecule has 0 radical (unpaired) electrons. The first-order chi connectivity index (χ1) is 15.4. The highest BCUT2D eigenvalue weighted by Crippen LogP contribution is 2.30. The van der Waals surface area contributed by atoms with Crippen LogP contribution >= 0.6 is 0 Å². The van der Waals surface area contributed by atoms with E-state index in [2.05, 4.69) is 72.5 Å². The van der Waals surface area contributed by atoms with Crippen molar-refractivity contribution in [1.29, 1.82) is 0 Å². The van der Waals surface area contributed by atoms with Gasteiger partial charge in [-0.1, -0.05) is 25.5 Å². The number of aromatic nitrogens is 1. The summed E-state index contributed by atoms with van der Waals surface area (Å²) in [6.45, 7) is 11.9. The highest BCUT2D eigenvalue weighted by molar-refractivity contribution is 5.75. The molecule has 2 aromatic rings. The fourth-order valence-corrected chi connectivity index (χ4v) is 4.22. The Labute approximate surface area is 193 Å². The zero-order chi connectivity index (χ0) is 23.1. The van der Waals surface area contributed by atoms with Gasteiger partial charge in [-0.05, 0) is 44.5 Å². The van der Waals surface area contributed by atoms with Crippen LogP contribution in [0.25, 0.3) is 0 Å². The molecular formula is C26H40N4O2. The van der Waals surface area contributed by atoms with E-state index in [0.717, 1.165) is 51.3 Å². The third-order valence-corrected chi connectivity index (χ3v) is 6.23. The summed E-state index contributed by atoms with van der Waals surface area (Å²) >= 11 is 0. The van der Waals surface area contributed by atoms with Gasteiger partial charge in [0.25, 0.3) is 0 Å². The van der Waals surface area contributed by atoms with E-state index in [1.165, 1.54) is 17.1 Å². The topological polar surface area (TPSA) is 41.0 Å². The summed E-state index contributed by atoms with van der Waals surface area (Å²) in [6, 6.07) is 12.7. The van der Waals surface area contributed by atoms with Crippen molar-refractivity contribution in [2.75, 3.05) is 38.1 Å². The summed E-state index contributed by atoms with van der Waals surface area (Å²) in [5.74, 6) is 1.20. The van der Waals surface area contributed by atoms with Crippen molar-refractivity contribution in [1.82, 2.24) is 14.4 Å². The minimum atomic E-state index is 0.171. The predicted octanol–water partition coefficient (Wildman–Crippen LogP) is 4.28. The summed E-state index contributed by atoms with van der Waals surface area (Å²) < 4.78 is 8.27. The molecule has 1 aromatic heterocycles. The van der Waals surface area contributed by atoms with Crippen LogP contribution in [0.15, 0.2) is 36.4 Å². The first-order valence-corrected chi connectivity index (χ1v) is 12.0. The van der Waals surface area contributed by atoms with E-state index in [-0.39, 0.29) is 12.0 Å². The molecule has 2 heterocycles. The highest BCUT2D eigenvalue weighted by Gasteiger charge is 2.21. The van der Waals surface area contributed by atoms with Gasteiger partial charge in [-0.15, -0.1) is 0 Å². The third-order valence-electron chi connectivity index (χ3n) is 6.23. The lowest BCUT2D eigenvalue weighted by Crippen LogP contribution is -2.46. The summed E-state index contributed by atoms with van der Waals surface area (Å²) in [4.78, 5) is 19.1. The fraction of sp³-hybridized carbons (Fsp3) is 0.577. The van der Waals surface area contributed by atoms with E-state index in [4.69, 9.17) is 4.74 Å². The first kappa shape index (κ1) is 24.2. The number of unbranched alkanes of at least 4 members (excludes halogenated alkanes) is 1. The van der Waals surface area contributed by atoms with Gasteiger partial charge in [-0.25, -0.2) is 0 Å². The van der Waals surface area contributed by atoms with Crippen LogP contribution < -0.4 is 9.64 Å². The van der Waals surface area contributed by atoms with Crippen molar-refractivity contribution in [3.05, 3.63) is 47.8 Å². The third kappa shape index (κ3) is 6.28. The van der Waals surface area contributed by atoms with Gasteiger partial charge >= 0.3 is 0 Å². The van der Waals surface area contributed by atoms with Crippen LogP contribution in [0, 0.1) is 0 Å². The number of carbonyl (C=O) groups is 1. The van der Waals surface area contributed by atoms with Gasteiger partial charge in [0.05, 0.1) is 18.3 Å². The Morgan fingerprint density at radius 1 is 1.06 bits per heavy atom. The van der Waals surface area contributed by atoms with Crippen LogP contribution in [0.1, 0.15) is 51.4 Å². The fourth-order valence-electron chi connectivity index (χ4n) is 4.22. The van der Waals surface area contributed by atoms with Gasteiger partial charge in [-0.2, -0.15) is 0 Å². The number of ether oxygens (including phenoxy) is 1. The van der Waals surface area contributed by atoms with E-state index in [1.807, 2.05) is 18.0 Å². The zero-order valence-corrected chi connectivity index (χ0v) is 20.5.